The van der Waals surface area contributed by atoms with Crippen LogP contribution in [0.5, 0.6) is 17.2 Å². The first-order chi connectivity index (χ1) is 17.4. The third-order valence-corrected chi connectivity index (χ3v) is 6.01. The smallest absolute Gasteiger partial charge is 0.342 e. The summed E-state index contributed by atoms with van der Waals surface area (Å²) in [6, 6.07) is 19.6. The molecule has 0 fully saturated rings. The van der Waals surface area contributed by atoms with Crippen molar-refractivity contribution in [2.45, 2.75) is 11.8 Å². The van der Waals surface area contributed by atoms with Crippen LogP contribution in [0.1, 0.15) is 11.1 Å². The Hall–Kier alpha value is -3.95. The van der Waals surface area contributed by atoms with Crippen molar-refractivity contribution in [1.82, 2.24) is 10.2 Å². The van der Waals surface area contributed by atoms with Crippen molar-refractivity contribution in [3.8, 4) is 28.7 Å². The summed E-state index contributed by atoms with van der Waals surface area (Å²) in [6.07, 6.45) is 1.52. The minimum Gasteiger partial charge on any atom is -0.497 e. The van der Waals surface area contributed by atoms with Gasteiger partial charge in [0.15, 0.2) is 0 Å². The molecular weight excluding hydrogens is 504 g/mol. The average molecular weight is 525 g/mol. The lowest BCUT2D eigenvalue weighted by Gasteiger charge is -2.07. The lowest BCUT2D eigenvalue weighted by molar-refractivity contribution is -0.131. The van der Waals surface area contributed by atoms with Crippen LogP contribution in [-0.2, 0) is 11.4 Å². The number of ether oxygens (including phenoxy) is 3. The van der Waals surface area contributed by atoms with Gasteiger partial charge in [-0.15, -0.1) is 10.2 Å². The molecule has 0 saturated heterocycles. The standard InChI is InChI=1S/C26H21ClN2O6S/c1-32-21-12-18(13-22(14-21)33-2)24-28-29-26(35-24)36-23(25(30)31)11-16-5-9-20(10-6-16)34-15-17-3-7-19(27)8-4-17/h3-14H,15H2,1-2H3,(H,30,31)/b23-11-. The van der Waals surface area contributed by atoms with E-state index in [0.29, 0.717) is 40.0 Å². The summed E-state index contributed by atoms with van der Waals surface area (Å²) in [6.45, 7) is 0.390. The highest BCUT2D eigenvalue weighted by atomic mass is 35.5. The summed E-state index contributed by atoms with van der Waals surface area (Å²) in [7, 11) is 3.08. The maximum atomic E-state index is 11.9. The molecule has 0 bridgehead atoms. The summed E-state index contributed by atoms with van der Waals surface area (Å²) in [4.78, 5) is 11.9. The lowest BCUT2D eigenvalue weighted by atomic mass is 10.2. The van der Waals surface area contributed by atoms with E-state index in [1.165, 1.54) is 20.3 Å². The van der Waals surface area contributed by atoms with Gasteiger partial charge in [0.25, 0.3) is 5.22 Å². The normalized spacial score (nSPS) is 11.2. The van der Waals surface area contributed by atoms with E-state index in [-0.39, 0.29) is 16.0 Å². The first kappa shape index (κ1) is 25.2. The number of nitrogens with zero attached hydrogens (tertiary/aromatic N) is 2. The van der Waals surface area contributed by atoms with E-state index in [9.17, 15) is 9.90 Å². The molecule has 0 spiro atoms. The maximum Gasteiger partial charge on any atom is 0.342 e. The quantitative estimate of drug-likeness (QED) is 0.191. The number of rotatable bonds is 10. The minimum atomic E-state index is -1.12. The van der Waals surface area contributed by atoms with E-state index in [2.05, 4.69) is 10.2 Å². The minimum absolute atomic E-state index is 0.0169. The highest BCUT2D eigenvalue weighted by Crippen LogP contribution is 2.33. The van der Waals surface area contributed by atoms with E-state index in [0.717, 1.165) is 17.3 Å². The topological polar surface area (TPSA) is 104 Å². The number of benzene rings is 3. The Bertz CT molecular complexity index is 1350. The summed E-state index contributed by atoms with van der Waals surface area (Å²) in [5.41, 5.74) is 2.25. The summed E-state index contributed by atoms with van der Waals surface area (Å²) < 4.78 is 22.0. The van der Waals surface area contributed by atoms with Crippen LogP contribution in [0.4, 0.5) is 0 Å². The molecule has 4 aromatic rings. The van der Waals surface area contributed by atoms with Crippen LogP contribution in [-0.4, -0.2) is 35.5 Å². The number of hydrogen-bond donors (Lipinski definition) is 1. The van der Waals surface area contributed by atoms with Gasteiger partial charge >= 0.3 is 5.97 Å². The van der Waals surface area contributed by atoms with Crippen molar-refractivity contribution >= 4 is 35.4 Å². The van der Waals surface area contributed by atoms with Crippen molar-refractivity contribution in [3.63, 3.8) is 0 Å². The van der Waals surface area contributed by atoms with Gasteiger partial charge in [0.05, 0.1) is 14.2 Å². The molecule has 0 amide bonds. The van der Waals surface area contributed by atoms with Gasteiger partial charge in [-0.05, 0) is 65.4 Å². The van der Waals surface area contributed by atoms with Gasteiger partial charge in [0, 0.05) is 16.7 Å². The molecule has 3 aromatic carbocycles. The largest absolute Gasteiger partial charge is 0.497 e. The van der Waals surface area contributed by atoms with Gasteiger partial charge in [-0.1, -0.05) is 35.9 Å². The van der Waals surface area contributed by atoms with Crippen molar-refractivity contribution in [1.29, 1.82) is 0 Å². The van der Waals surface area contributed by atoms with Crippen molar-refractivity contribution in [3.05, 3.63) is 87.8 Å². The summed E-state index contributed by atoms with van der Waals surface area (Å²) in [5, 5.41) is 18.4. The zero-order valence-corrected chi connectivity index (χ0v) is 20.9. The third kappa shape index (κ3) is 6.59. The van der Waals surface area contributed by atoms with E-state index in [1.54, 1.807) is 54.6 Å². The highest BCUT2D eigenvalue weighted by molar-refractivity contribution is 8.03. The molecule has 1 aromatic heterocycles. The predicted molar refractivity (Wildman–Crippen MR) is 137 cm³/mol. The van der Waals surface area contributed by atoms with Gasteiger partial charge in [-0.25, -0.2) is 4.79 Å². The fraction of sp³-hybridized carbons (Fsp3) is 0.115. The number of carboxylic acid groups (broad SMARTS) is 1. The molecule has 0 saturated carbocycles. The van der Waals surface area contributed by atoms with E-state index in [1.807, 2.05) is 12.1 Å². The van der Waals surface area contributed by atoms with Gasteiger partial charge in [-0.2, -0.15) is 0 Å². The molecule has 36 heavy (non-hydrogen) atoms. The average Bonchev–Trinajstić information content (AvgIpc) is 3.37. The van der Waals surface area contributed by atoms with Crippen LogP contribution in [0.3, 0.4) is 0 Å². The van der Waals surface area contributed by atoms with E-state index in [4.69, 9.17) is 30.2 Å². The first-order valence-electron chi connectivity index (χ1n) is 10.6. The fourth-order valence-corrected chi connectivity index (χ4v) is 3.89. The molecule has 1 N–H and O–H groups in total. The molecular formula is C26H21ClN2O6S. The molecule has 0 radical (unpaired) electrons. The van der Waals surface area contributed by atoms with Crippen LogP contribution >= 0.6 is 23.4 Å². The lowest BCUT2D eigenvalue weighted by Crippen LogP contribution is -1.97. The van der Waals surface area contributed by atoms with Crippen molar-refractivity contribution < 1.29 is 28.5 Å². The zero-order valence-electron chi connectivity index (χ0n) is 19.3. The maximum absolute atomic E-state index is 11.9. The molecule has 10 heteroatoms. The van der Waals surface area contributed by atoms with Crippen molar-refractivity contribution in [2.24, 2.45) is 0 Å². The van der Waals surface area contributed by atoms with Gasteiger partial charge in [0.2, 0.25) is 5.89 Å². The molecule has 0 aliphatic heterocycles. The Morgan fingerprint density at radius 3 is 2.25 bits per heavy atom. The number of carboxylic acids is 1. The number of methoxy groups -OCH3 is 2. The third-order valence-electron chi connectivity index (χ3n) is 4.91. The Kier molecular flexibility index (Phi) is 8.14. The van der Waals surface area contributed by atoms with Crippen LogP contribution < -0.4 is 14.2 Å². The van der Waals surface area contributed by atoms with E-state index >= 15 is 0 Å². The van der Waals surface area contributed by atoms with Gasteiger partial charge in [0.1, 0.15) is 28.8 Å². The molecule has 0 aliphatic rings. The molecule has 4 rings (SSSR count). The predicted octanol–water partition coefficient (Wildman–Crippen LogP) is 6.20. The first-order valence-corrected chi connectivity index (χ1v) is 11.8. The summed E-state index contributed by atoms with van der Waals surface area (Å²) >= 11 is 6.76. The Balaban J connectivity index is 1.45. The number of aromatic nitrogens is 2. The number of carbonyl (C=O) groups is 1. The molecule has 0 atom stereocenters. The number of halogens is 1. The second kappa shape index (κ2) is 11.7. The van der Waals surface area contributed by atoms with Gasteiger partial charge in [-0.3, -0.25) is 0 Å². The second-order valence-corrected chi connectivity index (χ2v) is 8.80. The molecule has 8 nitrogen and oxygen atoms in total. The highest BCUT2D eigenvalue weighted by Gasteiger charge is 2.17. The van der Waals surface area contributed by atoms with Crippen LogP contribution in [0.15, 0.2) is 81.3 Å². The molecule has 184 valence electrons. The number of hydrogen-bond acceptors (Lipinski definition) is 8. The number of thioether (sulfide) groups is 1. The van der Waals surface area contributed by atoms with Crippen LogP contribution in [0.25, 0.3) is 17.5 Å². The molecule has 0 unspecified atom stereocenters. The Labute approximate surface area is 216 Å². The summed E-state index contributed by atoms with van der Waals surface area (Å²) in [5.74, 6) is 0.862. The monoisotopic (exact) mass is 524 g/mol. The van der Waals surface area contributed by atoms with Crippen molar-refractivity contribution in [2.75, 3.05) is 14.2 Å². The SMILES string of the molecule is COc1cc(OC)cc(-c2nnc(S/C(=C\c3ccc(OCc4ccc(Cl)cc4)cc3)C(=O)O)o2)c1. The second-order valence-electron chi connectivity index (χ2n) is 7.37. The Morgan fingerprint density at radius 1 is 0.972 bits per heavy atom. The molecule has 1 heterocycles. The number of aliphatic carboxylic acids is 1. The van der Waals surface area contributed by atoms with Crippen LogP contribution in [0.2, 0.25) is 5.02 Å². The van der Waals surface area contributed by atoms with E-state index < -0.39 is 5.97 Å². The van der Waals surface area contributed by atoms with Crippen LogP contribution in [0, 0.1) is 0 Å². The Morgan fingerprint density at radius 2 is 1.64 bits per heavy atom. The fourth-order valence-electron chi connectivity index (χ4n) is 3.09. The zero-order chi connectivity index (χ0) is 25.5. The van der Waals surface area contributed by atoms with Gasteiger partial charge < -0.3 is 23.7 Å². The molecule has 0 aliphatic carbocycles.